The van der Waals surface area contributed by atoms with Crippen molar-refractivity contribution in [2.45, 2.75) is 19.9 Å². The van der Waals surface area contributed by atoms with Gasteiger partial charge in [-0.25, -0.2) is 4.98 Å². The maximum Gasteiger partial charge on any atom is 0.258 e. The number of H-pyrrole nitrogens is 1. The molecule has 0 spiro atoms. The lowest BCUT2D eigenvalue weighted by Crippen LogP contribution is -2.14. The van der Waals surface area contributed by atoms with Gasteiger partial charge in [0.1, 0.15) is 5.82 Å². The fraction of sp³-hybridized carbons (Fsp3) is 0.312. The molecule has 0 bridgehead atoms. The second-order valence-corrected chi connectivity index (χ2v) is 5.27. The molecule has 0 fully saturated rings. The van der Waals surface area contributed by atoms with Gasteiger partial charge in [0.05, 0.1) is 31.3 Å². The molecule has 0 saturated heterocycles. The molecule has 7 nitrogen and oxygen atoms in total. The third-order valence-electron chi connectivity index (χ3n) is 3.60. The van der Waals surface area contributed by atoms with E-state index in [2.05, 4.69) is 15.1 Å². The fourth-order valence-corrected chi connectivity index (χ4v) is 2.44. The third-order valence-corrected chi connectivity index (χ3v) is 3.60. The highest BCUT2D eigenvalue weighted by Gasteiger charge is 2.11. The van der Waals surface area contributed by atoms with Gasteiger partial charge >= 0.3 is 0 Å². The zero-order valence-corrected chi connectivity index (χ0v) is 13.3. The molecule has 0 aliphatic heterocycles. The molecule has 2 aromatic heterocycles. The van der Waals surface area contributed by atoms with Gasteiger partial charge in [0.15, 0.2) is 11.5 Å². The first-order valence-electron chi connectivity index (χ1n) is 7.24. The van der Waals surface area contributed by atoms with Crippen LogP contribution in [0.25, 0.3) is 10.9 Å². The number of aromatic nitrogens is 4. The van der Waals surface area contributed by atoms with E-state index in [1.54, 1.807) is 25.4 Å². The van der Waals surface area contributed by atoms with E-state index in [0.717, 1.165) is 5.56 Å². The molecule has 2 heterocycles. The summed E-state index contributed by atoms with van der Waals surface area (Å²) in [4.78, 5) is 19.6. The van der Waals surface area contributed by atoms with Crippen LogP contribution in [-0.4, -0.2) is 34.0 Å². The maximum atomic E-state index is 12.3. The van der Waals surface area contributed by atoms with Crippen LogP contribution in [0.5, 0.6) is 11.5 Å². The molecule has 0 atom stereocenters. The highest BCUT2D eigenvalue weighted by molar-refractivity contribution is 5.81. The largest absolute Gasteiger partial charge is 0.493 e. The highest BCUT2D eigenvalue weighted by Crippen LogP contribution is 2.29. The topological polar surface area (TPSA) is 82.0 Å². The summed E-state index contributed by atoms with van der Waals surface area (Å²) in [5.74, 6) is 1.67. The van der Waals surface area contributed by atoms with Crippen molar-refractivity contribution in [3.8, 4) is 11.5 Å². The molecular formula is C16H18N4O3. The number of aromatic amines is 1. The van der Waals surface area contributed by atoms with Crippen LogP contribution >= 0.6 is 0 Å². The van der Waals surface area contributed by atoms with Crippen molar-refractivity contribution in [2.75, 3.05) is 14.2 Å². The van der Waals surface area contributed by atoms with E-state index in [-0.39, 0.29) is 5.56 Å². The highest BCUT2D eigenvalue weighted by atomic mass is 16.5. The fourth-order valence-electron chi connectivity index (χ4n) is 2.44. The summed E-state index contributed by atoms with van der Waals surface area (Å²) in [6.07, 6.45) is 4.33. The lowest BCUT2D eigenvalue weighted by atomic mass is 10.2. The van der Waals surface area contributed by atoms with E-state index in [4.69, 9.17) is 9.47 Å². The third kappa shape index (κ3) is 3.03. The Balaban J connectivity index is 1.94. The first-order chi connectivity index (χ1) is 11.1. The van der Waals surface area contributed by atoms with Crippen molar-refractivity contribution in [2.24, 2.45) is 0 Å². The second kappa shape index (κ2) is 6.12. The number of methoxy groups -OCH3 is 2. The molecule has 0 aliphatic rings. The van der Waals surface area contributed by atoms with Crippen molar-refractivity contribution < 1.29 is 9.47 Å². The number of nitrogens with zero attached hydrogens (tertiary/aromatic N) is 3. The standard InChI is InChI=1S/C16H18N4O3/c1-10-8-17-20(9-10)5-4-15-18-12-7-14(23-3)13(22-2)6-11(12)16(21)19-15/h6-9H,4-5H2,1-3H3,(H,18,19,21). The Morgan fingerprint density at radius 2 is 1.96 bits per heavy atom. The van der Waals surface area contributed by atoms with Gasteiger partial charge in [-0.1, -0.05) is 0 Å². The lowest BCUT2D eigenvalue weighted by Gasteiger charge is -2.09. The van der Waals surface area contributed by atoms with Gasteiger partial charge < -0.3 is 14.5 Å². The van der Waals surface area contributed by atoms with Crippen molar-refractivity contribution in [1.82, 2.24) is 19.7 Å². The zero-order chi connectivity index (χ0) is 16.4. The molecule has 3 rings (SSSR count). The summed E-state index contributed by atoms with van der Waals surface area (Å²) in [5.41, 5.74) is 1.49. The van der Waals surface area contributed by atoms with Crippen LogP contribution in [0.3, 0.4) is 0 Å². The molecule has 1 N–H and O–H groups in total. The Kier molecular flexibility index (Phi) is 4.01. The second-order valence-electron chi connectivity index (χ2n) is 5.27. The monoisotopic (exact) mass is 314 g/mol. The van der Waals surface area contributed by atoms with Gasteiger partial charge in [-0.2, -0.15) is 5.10 Å². The summed E-state index contributed by atoms with van der Waals surface area (Å²) in [6, 6.07) is 3.35. The SMILES string of the molecule is COc1cc2nc(CCn3cc(C)cn3)[nH]c(=O)c2cc1OC. The average molecular weight is 314 g/mol. The van der Waals surface area contributed by atoms with Gasteiger partial charge in [-0.05, 0) is 18.6 Å². The van der Waals surface area contributed by atoms with Crippen molar-refractivity contribution >= 4 is 10.9 Å². The Labute approximate surface area is 132 Å². The molecule has 0 amide bonds. The quantitative estimate of drug-likeness (QED) is 0.775. The van der Waals surface area contributed by atoms with Crippen molar-refractivity contribution in [1.29, 1.82) is 0 Å². The summed E-state index contributed by atoms with van der Waals surface area (Å²) in [5, 5.41) is 4.70. The van der Waals surface area contributed by atoms with Gasteiger partial charge in [0.25, 0.3) is 5.56 Å². The minimum atomic E-state index is -0.192. The number of benzene rings is 1. The van der Waals surface area contributed by atoms with E-state index in [1.165, 1.54) is 7.11 Å². The van der Waals surface area contributed by atoms with Crippen LogP contribution in [0.4, 0.5) is 0 Å². The molecule has 120 valence electrons. The number of rotatable bonds is 5. The van der Waals surface area contributed by atoms with Crippen LogP contribution in [-0.2, 0) is 13.0 Å². The molecule has 1 aromatic carbocycles. The molecule has 7 heteroatoms. The van der Waals surface area contributed by atoms with E-state index in [1.807, 2.05) is 17.8 Å². The summed E-state index contributed by atoms with van der Waals surface area (Å²) in [6.45, 7) is 2.63. The average Bonchev–Trinajstić information content (AvgIpc) is 2.97. The minimum Gasteiger partial charge on any atom is -0.493 e. The number of hydrogen-bond acceptors (Lipinski definition) is 5. The van der Waals surface area contributed by atoms with Crippen LogP contribution in [0.1, 0.15) is 11.4 Å². The van der Waals surface area contributed by atoms with Crippen LogP contribution in [0.2, 0.25) is 0 Å². The number of nitrogens with one attached hydrogen (secondary N) is 1. The molecule has 0 unspecified atom stereocenters. The van der Waals surface area contributed by atoms with E-state index >= 15 is 0 Å². The smallest absolute Gasteiger partial charge is 0.258 e. The molecule has 23 heavy (non-hydrogen) atoms. The Morgan fingerprint density at radius 1 is 1.22 bits per heavy atom. The summed E-state index contributed by atoms with van der Waals surface area (Å²) >= 11 is 0. The molecule has 0 aliphatic carbocycles. The number of hydrogen-bond donors (Lipinski definition) is 1. The molecule has 0 saturated carbocycles. The predicted octanol–water partition coefficient (Wildman–Crippen LogP) is 1.69. The lowest BCUT2D eigenvalue weighted by molar-refractivity contribution is 0.355. The van der Waals surface area contributed by atoms with Gasteiger partial charge in [0, 0.05) is 25.2 Å². The summed E-state index contributed by atoms with van der Waals surface area (Å²) < 4.78 is 12.3. The van der Waals surface area contributed by atoms with Crippen LogP contribution in [0, 0.1) is 6.92 Å². The molecule has 0 radical (unpaired) electrons. The van der Waals surface area contributed by atoms with Gasteiger partial charge in [0.2, 0.25) is 0 Å². The van der Waals surface area contributed by atoms with Crippen LogP contribution < -0.4 is 15.0 Å². The van der Waals surface area contributed by atoms with Crippen LogP contribution in [0.15, 0.2) is 29.3 Å². The minimum absolute atomic E-state index is 0.192. The number of ether oxygens (including phenoxy) is 2. The Morgan fingerprint density at radius 3 is 2.61 bits per heavy atom. The van der Waals surface area contributed by atoms with Crippen molar-refractivity contribution in [3.63, 3.8) is 0 Å². The van der Waals surface area contributed by atoms with E-state index in [0.29, 0.717) is 41.2 Å². The van der Waals surface area contributed by atoms with Gasteiger partial charge in [-0.3, -0.25) is 9.48 Å². The van der Waals surface area contributed by atoms with Crippen molar-refractivity contribution in [3.05, 3.63) is 46.3 Å². The van der Waals surface area contributed by atoms with E-state index < -0.39 is 0 Å². The first kappa shape index (κ1) is 15.1. The predicted molar refractivity (Wildman–Crippen MR) is 86.1 cm³/mol. The number of fused-ring (bicyclic) bond motifs is 1. The Bertz CT molecular complexity index is 898. The number of aryl methyl sites for hydroxylation is 3. The molecule has 3 aromatic rings. The maximum absolute atomic E-state index is 12.3. The first-order valence-corrected chi connectivity index (χ1v) is 7.24. The van der Waals surface area contributed by atoms with E-state index in [9.17, 15) is 4.79 Å². The Hall–Kier alpha value is -2.83. The molecular weight excluding hydrogens is 296 g/mol. The van der Waals surface area contributed by atoms with Gasteiger partial charge in [-0.15, -0.1) is 0 Å². The zero-order valence-electron chi connectivity index (χ0n) is 13.3. The normalized spacial score (nSPS) is 10.9. The summed E-state index contributed by atoms with van der Waals surface area (Å²) in [7, 11) is 3.09.